The molecule has 0 spiro atoms. The van der Waals surface area contributed by atoms with E-state index in [1.54, 1.807) is 0 Å². The molecule has 0 saturated heterocycles. The summed E-state index contributed by atoms with van der Waals surface area (Å²) in [7, 11) is 0. The Labute approximate surface area is 105 Å². The van der Waals surface area contributed by atoms with Gasteiger partial charge in [0.2, 0.25) is 0 Å². The second-order valence-electron chi connectivity index (χ2n) is 5.79. The van der Waals surface area contributed by atoms with Gasteiger partial charge in [-0.2, -0.15) is 0 Å². The average Bonchev–Trinajstić information content (AvgIpc) is 2.23. The van der Waals surface area contributed by atoms with Gasteiger partial charge in [0.1, 0.15) is 11.6 Å². The van der Waals surface area contributed by atoms with E-state index in [9.17, 15) is 0 Å². The number of hydrogen-bond acceptors (Lipinski definition) is 3. The summed E-state index contributed by atoms with van der Waals surface area (Å²) in [6.45, 7) is 14.1. The molecule has 1 atom stereocenters. The van der Waals surface area contributed by atoms with Crippen molar-refractivity contribution in [2.24, 2.45) is 11.3 Å². The lowest BCUT2D eigenvalue weighted by molar-refractivity contribution is 0.274. The van der Waals surface area contributed by atoms with Crippen molar-refractivity contribution in [2.75, 3.05) is 11.9 Å². The minimum atomic E-state index is 0.322. The van der Waals surface area contributed by atoms with E-state index >= 15 is 0 Å². The van der Waals surface area contributed by atoms with Gasteiger partial charge < -0.3 is 5.32 Å². The summed E-state index contributed by atoms with van der Waals surface area (Å²) in [5.41, 5.74) is 1.42. The van der Waals surface area contributed by atoms with Crippen molar-refractivity contribution in [1.29, 1.82) is 0 Å². The zero-order chi connectivity index (χ0) is 13.1. The number of rotatable bonds is 4. The summed E-state index contributed by atoms with van der Waals surface area (Å²) in [5.74, 6) is 2.39. The molecule has 1 aromatic heterocycles. The van der Waals surface area contributed by atoms with E-state index in [2.05, 4.69) is 49.9 Å². The Hall–Kier alpha value is -1.12. The molecule has 1 aromatic rings. The van der Waals surface area contributed by atoms with E-state index in [1.165, 1.54) is 0 Å². The smallest absolute Gasteiger partial charge is 0.129 e. The number of nitrogens with zero attached hydrogens (tertiary/aromatic N) is 2. The van der Waals surface area contributed by atoms with Crippen LogP contribution in [0.2, 0.25) is 0 Å². The largest absolute Gasteiger partial charge is 0.370 e. The zero-order valence-corrected chi connectivity index (χ0v) is 12.0. The van der Waals surface area contributed by atoms with Gasteiger partial charge in [-0.1, -0.05) is 34.6 Å². The van der Waals surface area contributed by atoms with Crippen molar-refractivity contribution in [3.63, 3.8) is 0 Å². The number of hydrogen-bond donors (Lipinski definition) is 1. The van der Waals surface area contributed by atoms with Crippen molar-refractivity contribution < 1.29 is 0 Å². The third-order valence-electron chi connectivity index (χ3n) is 3.32. The highest BCUT2D eigenvalue weighted by Gasteiger charge is 2.19. The summed E-state index contributed by atoms with van der Waals surface area (Å²) >= 11 is 0. The van der Waals surface area contributed by atoms with Crippen LogP contribution in [0.3, 0.4) is 0 Å². The number of nitrogens with one attached hydrogen (secondary N) is 1. The molecule has 0 fully saturated rings. The third-order valence-corrected chi connectivity index (χ3v) is 3.32. The Balaban J connectivity index is 2.66. The maximum Gasteiger partial charge on any atom is 0.129 e. The summed E-state index contributed by atoms with van der Waals surface area (Å²) in [4.78, 5) is 8.79. The first-order valence-corrected chi connectivity index (χ1v) is 6.41. The van der Waals surface area contributed by atoms with Crippen LogP contribution in [0.15, 0.2) is 6.07 Å². The molecule has 1 unspecified atom stereocenters. The molecule has 0 saturated carbocycles. The highest BCUT2D eigenvalue weighted by molar-refractivity contribution is 5.36. The predicted molar refractivity (Wildman–Crippen MR) is 73.3 cm³/mol. The minimum Gasteiger partial charge on any atom is -0.370 e. The molecule has 96 valence electrons. The Morgan fingerprint density at radius 3 is 2.47 bits per heavy atom. The molecule has 3 nitrogen and oxygen atoms in total. The highest BCUT2D eigenvalue weighted by atomic mass is 15.0. The van der Waals surface area contributed by atoms with Crippen LogP contribution in [0.5, 0.6) is 0 Å². The highest BCUT2D eigenvalue weighted by Crippen LogP contribution is 2.25. The van der Waals surface area contributed by atoms with E-state index in [4.69, 9.17) is 0 Å². The van der Waals surface area contributed by atoms with Gasteiger partial charge in [-0.15, -0.1) is 0 Å². The fraction of sp³-hybridized carbons (Fsp3) is 0.714. The van der Waals surface area contributed by atoms with Crippen LogP contribution in [-0.2, 0) is 6.42 Å². The quantitative estimate of drug-likeness (QED) is 0.868. The normalized spacial score (nSPS) is 13.5. The Bertz CT molecular complexity index is 366. The first-order valence-electron chi connectivity index (χ1n) is 6.41. The number of aryl methyl sites for hydroxylation is 2. The molecule has 0 aromatic carbocycles. The van der Waals surface area contributed by atoms with Crippen molar-refractivity contribution >= 4 is 5.82 Å². The van der Waals surface area contributed by atoms with Gasteiger partial charge in [0.15, 0.2) is 0 Å². The van der Waals surface area contributed by atoms with Crippen LogP contribution in [0.25, 0.3) is 0 Å². The van der Waals surface area contributed by atoms with Crippen molar-refractivity contribution in [2.45, 2.75) is 48.0 Å². The van der Waals surface area contributed by atoms with E-state index in [0.717, 1.165) is 30.3 Å². The SMILES string of the molecule is CCc1cc(NCC(C)C(C)(C)C)nc(C)n1. The minimum absolute atomic E-state index is 0.322. The molecule has 0 amide bonds. The monoisotopic (exact) mass is 235 g/mol. The van der Waals surface area contributed by atoms with E-state index in [-0.39, 0.29) is 0 Å². The van der Waals surface area contributed by atoms with Crippen LogP contribution in [0.1, 0.15) is 46.1 Å². The first kappa shape index (κ1) is 13.9. The molecule has 0 aliphatic rings. The molecule has 0 aliphatic carbocycles. The van der Waals surface area contributed by atoms with Gasteiger partial charge >= 0.3 is 0 Å². The van der Waals surface area contributed by atoms with Crippen LogP contribution in [0.4, 0.5) is 5.82 Å². The fourth-order valence-corrected chi connectivity index (χ4v) is 1.47. The van der Waals surface area contributed by atoms with Crippen molar-refractivity contribution in [3.05, 3.63) is 17.6 Å². The van der Waals surface area contributed by atoms with Gasteiger partial charge in [0.25, 0.3) is 0 Å². The lowest BCUT2D eigenvalue weighted by Crippen LogP contribution is -2.25. The lowest BCUT2D eigenvalue weighted by atomic mass is 9.82. The second kappa shape index (κ2) is 5.48. The third kappa shape index (κ3) is 4.33. The summed E-state index contributed by atoms with van der Waals surface area (Å²) in [6.07, 6.45) is 0.951. The lowest BCUT2D eigenvalue weighted by Gasteiger charge is -2.27. The van der Waals surface area contributed by atoms with Crippen LogP contribution in [-0.4, -0.2) is 16.5 Å². The molecule has 0 radical (unpaired) electrons. The van der Waals surface area contributed by atoms with Crippen molar-refractivity contribution in [3.8, 4) is 0 Å². The van der Waals surface area contributed by atoms with E-state index in [0.29, 0.717) is 11.3 Å². The Morgan fingerprint density at radius 1 is 1.29 bits per heavy atom. The maximum atomic E-state index is 4.41. The summed E-state index contributed by atoms with van der Waals surface area (Å²) < 4.78 is 0. The fourth-order valence-electron chi connectivity index (χ4n) is 1.47. The number of aromatic nitrogens is 2. The zero-order valence-electron chi connectivity index (χ0n) is 12.0. The van der Waals surface area contributed by atoms with E-state index < -0.39 is 0 Å². The number of anilines is 1. The van der Waals surface area contributed by atoms with Gasteiger partial charge in [0.05, 0.1) is 0 Å². The molecule has 1 rings (SSSR count). The van der Waals surface area contributed by atoms with Crippen LogP contribution >= 0.6 is 0 Å². The first-order chi connectivity index (χ1) is 7.82. The molecule has 17 heavy (non-hydrogen) atoms. The topological polar surface area (TPSA) is 37.8 Å². The average molecular weight is 235 g/mol. The predicted octanol–water partition coefficient (Wildman–Crippen LogP) is 3.44. The van der Waals surface area contributed by atoms with E-state index in [1.807, 2.05) is 13.0 Å². The molecule has 3 heteroatoms. The summed E-state index contributed by atoms with van der Waals surface area (Å²) in [6, 6.07) is 2.04. The van der Waals surface area contributed by atoms with Crippen LogP contribution in [0, 0.1) is 18.3 Å². The standard InChI is InChI=1S/C14H25N3/c1-7-12-8-13(17-11(3)16-12)15-9-10(2)14(4,5)6/h8,10H,7,9H2,1-6H3,(H,15,16,17). The van der Waals surface area contributed by atoms with Crippen LogP contribution < -0.4 is 5.32 Å². The Kier molecular flexibility index (Phi) is 4.49. The van der Waals surface area contributed by atoms with Gasteiger partial charge in [-0.25, -0.2) is 9.97 Å². The second-order valence-corrected chi connectivity index (χ2v) is 5.79. The summed E-state index contributed by atoms with van der Waals surface area (Å²) in [5, 5.41) is 3.42. The molecular formula is C14H25N3. The van der Waals surface area contributed by atoms with Gasteiger partial charge in [-0.05, 0) is 24.7 Å². The van der Waals surface area contributed by atoms with Crippen molar-refractivity contribution in [1.82, 2.24) is 9.97 Å². The molecule has 1 heterocycles. The van der Waals surface area contributed by atoms with Gasteiger partial charge in [-0.3, -0.25) is 0 Å². The molecule has 0 aliphatic heterocycles. The molecule has 1 N–H and O–H groups in total. The van der Waals surface area contributed by atoms with Gasteiger partial charge in [0, 0.05) is 18.3 Å². The molecule has 0 bridgehead atoms. The Morgan fingerprint density at radius 2 is 1.94 bits per heavy atom. The molecular weight excluding hydrogens is 210 g/mol. The maximum absolute atomic E-state index is 4.41.